The van der Waals surface area contributed by atoms with Gasteiger partial charge >= 0.3 is 0 Å². The first-order valence-corrected chi connectivity index (χ1v) is 5.43. The minimum absolute atomic E-state index is 0.377. The molecule has 0 aliphatic rings. The highest BCUT2D eigenvalue weighted by Crippen LogP contribution is 2.04. The fraction of sp³-hybridized carbons (Fsp3) is 0.750. The van der Waals surface area contributed by atoms with E-state index >= 15 is 0 Å². The molecule has 0 aromatic rings. The zero-order chi connectivity index (χ0) is 10.6. The first-order valence-electron chi connectivity index (χ1n) is 5.43. The van der Waals surface area contributed by atoms with Gasteiger partial charge in [0, 0.05) is 26.6 Å². The van der Waals surface area contributed by atoms with E-state index in [0.717, 1.165) is 32.1 Å². The maximum absolute atomic E-state index is 11.3. The van der Waals surface area contributed by atoms with Gasteiger partial charge in [-0.15, -0.1) is 0 Å². The summed E-state index contributed by atoms with van der Waals surface area (Å²) in [7, 11) is 1.67. The predicted molar refractivity (Wildman–Crippen MR) is 59.4 cm³/mol. The smallest absolute Gasteiger partial charge is 0.132 e. The minimum atomic E-state index is 0.377. The monoisotopic (exact) mass is 198 g/mol. The van der Waals surface area contributed by atoms with Crippen LogP contribution in [0.4, 0.5) is 0 Å². The van der Waals surface area contributed by atoms with Crippen LogP contribution in [0.1, 0.15) is 45.4 Å². The van der Waals surface area contributed by atoms with Crippen LogP contribution in [0.5, 0.6) is 0 Å². The summed E-state index contributed by atoms with van der Waals surface area (Å²) in [6.07, 6.45) is 9.73. The summed E-state index contributed by atoms with van der Waals surface area (Å²) < 4.78 is 4.89. The molecule has 14 heavy (non-hydrogen) atoms. The maximum Gasteiger partial charge on any atom is 0.132 e. The molecule has 0 saturated heterocycles. The summed E-state index contributed by atoms with van der Waals surface area (Å²) in [6.45, 7) is 2.72. The zero-order valence-corrected chi connectivity index (χ0v) is 9.42. The molecule has 0 amide bonds. The third kappa shape index (κ3) is 9.46. The third-order valence-electron chi connectivity index (χ3n) is 2.12. The molecule has 2 heteroatoms. The van der Waals surface area contributed by atoms with Crippen LogP contribution in [0.2, 0.25) is 0 Å². The van der Waals surface area contributed by atoms with Gasteiger partial charge in [0.15, 0.2) is 0 Å². The number of allylic oxidation sites excluding steroid dienone is 2. The number of unbranched alkanes of at least 4 members (excludes halogenated alkanes) is 2. The van der Waals surface area contributed by atoms with Crippen LogP contribution >= 0.6 is 0 Å². The van der Waals surface area contributed by atoms with Crippen molar-refractivity contribution < 1.29 is 9.53 Å². The standard InChI is InChI=1S/C12H22O2/c1-3-4-5-6-7-9-12(13)10-8-11-14-2/h3-4H,5-11H2,1-2H3/b4-3+. The molecule has 0 N–H and O–H groups in total. The molecular formula is C12H22O2. The maximum atomic E-state index is 11.3. The number of Topliss-reactive ketones (excluding diaryl/α,β-unsaturated/α-hetero) is 1. The summed E-state index contributed by atoms with van der Waals surface area (Å²) in [5.41, 5.74) is 0. The Morgan fingerprint density at radius 1 is 1.21 bits per heavy atom. The van der Waals surface area contributed by atoms with E-state index in [-0.39, 0.29) is 0 Å². The topological polar surface area (TPSA) is 26.3 Å². The fourth-order valence-electron chi connectivity index (χ4n) is 1.29. The van der Waals surface area contributed by atoms with E-state index in [0.29, 0.717) is 18.8 Å². The van der Waals surface area contributed by atoms with Gasteiger partial charge in [-0.25, -0.2) is 0 Å². The average molecular weight is 198 g/mol. The van der Waals surface area contributed by atoms with Crippen LogP contribution < -0.4 is 0 Å². The van der Waals surface area contributed by atoms with Crippen molar-refractivity contribution in [3.05, 3.63) is 12.2 Å². The number of methoxy groups -OCH3 is 1. The summed E-state index contributed by atoms with van der Waals surface area (Å²) in [6, 6.07) is 0. The lowest BCUT2D eigenvalue weighted by atomic mass is 10.1. The van der Waals surface area contributed by atoms with E-state index in [1.54, 1.807) is 7.11 Å². The molecule has 0 aromatic carbocycles. The number of ketones is 1. The summed E-state index contributed by atoms with van der Waals surface area (Å²) in [4.78, 5) is 11.3. The Balaban J connectivity index is 3.18. The first kappa shape index (κ1) is 13.4. The second kappa shape index (κ2) is 10.5. The van der Waals surface area contributed by atoms with Crippen LogP contribution in [0, 0.1) is 0 Å². The van der Waals surface area contributed by atoms with Gasteiger partial charge in [-0.05, 0) is 32.6 Å². The third-order valence-corrected chi connectivity index (χ3v) is 2.12. The van der Waals surface area contributed by atoms with Crippen molar-refractivity contribution in [2.45, 2.75) is 45.4 Å². The van der Waals surface area contributed by atoms with Crippen LogP contribution in [0.15, 0.2) is 12.2 Å². The van der Waals surface area contributed by atoms with E-state index in [9.17, 15) is 4.79 Å². The molecule has 82 valence electrons. The Morgan fingerprint density at radius 3 is 2.57 bits per heavy atom. The van der Waals surface area contributed by atoms with Gasteiger partial charge < -0.3 is 4.74 Å². The molecular weight excluding hydrogens is 176 g/mol. The minimum Gasteiger partial charge on any atom is -0.385 e. The summed E-state index contributed by atoms with van der Waals surface area (Å²) in [5, 5.41) is 0. The van der Waals surface area contributed by atoms with Gasteiger partial charge in [-0.2, -0.15) is 0 Å². The Hall–Kier alpha value is -0.630. The van der Waals surface area contributed by atoms with Crippen molar-refractivity contribution in [3.8, 4) is 0 Å². The number of hydrogen-bond donors (Lipinski definition) is 0. The molecule has 0 saturated carbocycles. The summed E-state index contributed by atoms with van der Waals surface area (Å²) >= 11 is 0. The molecule has 0 atom stereocenters. The van der Waals surface area contributed by atoms with Crippen molar-refractivity contribution in [1.29, 1.82) is 0 Å². The van der Waals surface area contributed by atoms with Crippen molar-refractivity contribution in [3.63, 3.8) is 0 Å². The van der Waals surface area contributed by atoms with Gasteiger partial charge in [-0.1, -0.05) is 12.2 Å². The van der Waals surface area contributed by atoms with Crippen molar-refractivity contribution >= 4 is 5.78 Å². The fourth-order valence-corrected chi connectivity index (χ4v) is 1.29. The molecule has 0 rings (SSSR count). The van der Waals surface area contributed by atoms with Crippen molar-refractivity contribution in [1.82, 2.24) is 0 Å². The Bertz CT molecular complexity index is 162. The average Bonchev–Trinajstić information content (AvgIpc) is 2.18. The van der Waals surface area contributed by atoms with Gasteiger partial charge in [0.1, 0.15) is 5.78 Å². The van der Waals surface area contributed by atoms with Crippen LogP contribution in [-0.2, 0) is 9.53 Å². The van der Waals surface area contributed by atoms with Crippen LogP contribution in [0.25, 0.3) is 0 Å². The van der Waals surface area contributed by atoms with Gasteiger partial charge in [0.2, 0.25) is 0 Å². The highest BCUT2D eigenvalue weighted by atomic mass is 16.5. The number of carbonyl (C=O) groups is 1. The highest BCUT2D eigenvalue weighted by molar-refractivity contribution is 5.78. The number of ether oxygens (including phenoxy) is 1. The lowest BCUT2D eigenvalue weighted by Crippen LogP contribution is -2.00. The summed E-state index contributed by atoms with van der Waals surface area (Å²) in [5.74, 6) is 0.377. The van der Waals surface area contributed by atoms with E-state index in [4.69, 9.17) is 4.74 Å². The highest BCUT2D eigenvalue weighted by Gasteiger charge is 2.00. The molecule has 0 fully saturated rings. The van der Waals surface area contributed by atoms with E-state index in [1.807, 2.05) is 6.92 Å². The van der Waals surface area contributed by atoms with Crippen LogP contribution in [0.3, 0.4) is 0 Å². The first-order chi connectivity index (χ1) is 6.81. The molecule has 0 aromatic heterocycles. The molecule has 0 aliphatic heterocycles. The Labute approximate surface area is 87.3 Å². The predicted octanol–water partition coefficient (Wildman–Crippen LogP) is 3.12. The molecule has 0 bridgehead atoms. The molecule has 0 unspecified atom stereocenters. The van der Waals surface area contributed by atoms with E-state index < -0.39 is 0 Å². The lowest BCUT2D eigenvalue weighted by Gasteiger charge is -1.99. The number of hydrogen-bond acceptors (Lipinski definition) is 2. The van der Waals surface area contributed by atoms with Gasteiger partial charge in [0.25, 0.3) is 0 Å². The molecule has 0 radical (unpaired) electrons. The largest absolute Gasteiger partial charge is 0.385 e. The quantitative estimate of drug-likeness (QED) is 0.420. The second-order valence-electron chi connectivity index (χ2n) is 3.45. The van der Waals surface area contributed by atoms with E-state index in [2.05, 4.69) is 12.2 Å². The van der Waals surface area contributed by atoms with Gasteiger partial charge in [0.05, 0.1) is 0 Å². The Morgan fingerprint density at radius 2 is 1.93 bits per heavy atom. The van der Waals surface area contributed by atoms with Crippen molar-refractivity contribution in [2.75, 3.05) is 13.7 Å². The van der Waals surface area contributed by atoms with Crippen molar-refractivity contribution in [2.24, 2.45) is 0 Å². The second-order valence-corrected chi connectivity index (χ2v) is 3.45. The number of rotatable bonds is 9. The number of carbonyl (C=O) groups excluding carboxylic acids is 1. The molecule has 0 heterocycles. The molecule has 0 spiro atoms. The normalized spacial score (nSPS) is 11.0. The SMILES string of the molecule is C/C=C/CCCCC(=O)CCCOC. The lowest BCUT2D eigenvalue weighted by molar-refractivity contribution is -0.119. The van der Waals surface area contributed by atoms with Gasteiger partial charge in [-0.3, -0.25) is 4.79 Å². The Kier molecular flexibility index (Phi) is 9.98. The molecule has 2 nitrogen and oxygen atoms in total. The zero-order valence-electron chi connectivity index (χ0n) is 9.42. The van der Waals surface area contributed by atoms with E-state index in [1.165, 1.54) is 0 Å². The molecule has 0 aliphatic carbocycles. The van der Waals surface area contributed by atoms with Crippen LogP contribution in [-0.4, -0.2) is 19.5 Å².